The van der Waals surface area contributed by atoms with Crippen molar-refractivity contribution >= 4 is 5.57 Å². The number of aromatic hydroxyl groups is 1. The molecule has 0 bridgehead atoms. The molecule has 3 rings (SSSR count). The molecule has 156 valence electrons. The Morgan fingerprint density at radius 2 is 1.93 bits per heavy atom. The van der Waals surface area contributed by atoms with Gasteiger partial charge in [-0.3, -0.25) is 0 Å². The summed E-state index contributed by atoms with van der Waals surface area (Å²) in [7, 11) is 0. The lowest BCUT2D eigenvalue weighted by Gasteiger charge is -2.29. The minimum atomic E-state index is -0.233. The van der Waals surface area contributed by atoms with Crippen LogP contribution in [0.4, 0.5) is 0 Å². The molecule has 1 aliphatic carbocycles. The van der Waals surface area contributed by atoms with Crippen LogP contribution in [-0.2, 0) is 5.41 Å². The molecule has 2 heteroatoms. The standard InChI is InChI=1S/C26H40O2/c1-7-8-9-10-13-25(3,4)20-15-22(27)24-21-14-18(2)11-12-19(21)17-26(5,6)28-23(24)16-20/h15-16,18,27H,7-14,17H2,1-6H3. The van der Waals surface area contributed by atoms with Crippen molar-refractivity contribution in [2.75, 3.05) is 0 Å². The monoisotopic (exact) mass is 384 g/mol. The summed E-state index contributed by atoms with van der Waals surface area (Å²) in [5, 5.41) is 11.1. The number of hydrogen-bond acceptors (Lipinski definition) is 2. The first-order valence-electron chi connectivity index (χ1n) is 11.4. The van der Waals surface area contributed by atoms with Gasteiger partial charge < -0.3 is 9.84 Å². The van der Waals surface area contributed by atoms with Crippen LogP contribution in [0.1, 0.15) is 110 Å². The molecule has 1 aromatic carbocycles. The number of fused-ring (bicyclic) bond motifs is 2. The zero-order valence-electron chi connectivity index (χ0n) is 19.0. The van der Waals surface area contributed by atoms with Crippen LogP contribution in [-0.4, -0.2) is 10.7 Å². The van der Waals surface area contributed by atoms with Crippen LogP contribution in [0.25, 0.3) is 5.57 Å². The van der Waals surface area contributed by atoms with Crippen molar-refractivity contribution < 1.29 is 9.84 Å². The van der Waals surface area contributed by atoms with Gasteiger partial charge in [-0.25, -0.2) is 0 Å². The molecule has 1 atom stereocenters. The van der Waals surface area contributed by atoms with E-state index in [1.165, 1.54) is 48.8 Å². The highest BCUT2D eigenvalue weighted by molar-refractivity contribution is 5.79. The molecule has 1 unspecified atom stereocenters. The first-order chi connectivity index (χ1) is 13.1. The predicted octanol–water partition coefficient (Wildman–Crippen LogP) is 7.77. The van der Waals surface area contributed by atoms with Crippen molar-refractivity contribution in [3.63, 3.8) is 0 Å². The van der Waals surface area contributed by atoms with Gasteiger partial charge in [0, 0.05) is 6.42 Å². The third-order valence-corrected chi connectivity index (χ3v) is 6.76. The summed E-state index contributed by atoms with van der Waals surface area (Å²) in [6.07, 6.45) is 10.6. The lowest BCUT2D eigenvalue weighted by atomic mass is 9.76. The van der Waals surface area contributed by atoms with Crippen LogP contribution in [0.15, 0.2) is 17.7 Å². The van der Waals surface area contributed by atoms with E-state index in [1.807, 2.05) is 6.07 Å². The van der Waals surface area contributed by atoms with Crippen LogP contribution in [0.3, 0.4) is 0 Å². The second kappa shape index (κ2) is 8.13. The molecule has 0 saturated carbocycles. The first kappa shape index (κ1) is 21.3. The Balaban J connectivity index is 1.99. The van der Waals surface area contributed by atoms with Crippen molar-refractivity contribution in [2.45, 2.75) is 110 Å². The highest BCUT2D eigenvalue weighted by atomic mass is 16.5. The summed E-state index contributed by atoms with van der Waals surface area (Å²) in [5.41, 5.74) is 4.81. The van der Waals surface area contributed by atoms with E-state index >= 15 is 0 Å². The second-order valence-corrected chi connectivity index (χ2v) is 10.5. The lowest BCUT2D eigenvalue weighted by Crippen LogP contribution is -2.28. The average molecular weight is 385 g/mol. The second-order valence-electron chi connectivity index (χ2n) is 10.5. The number of allylic oxidation sites excluding steroid dienone is 1. The van der Waals surface area contributed by atoms with Gasteiger partial charge in [-0.05, 0) is 74.1 Å². The number of benzene rings is 1. The van der Waals surface area contributed by atoms with Gasteiger partial charge in [-0.15, -0.1) is 0 Å². The maximum atomic E-state index is 11.1. The maximum Gasteiger partial charge on any atom is 0.131 e. The van der Waals surface area contributed by atoms with Gasteiger partial charge in [0.15, 0.2) is 0 Å². The van der Waals surface area contributed by atoms with Gasteiger partial charge in [-0.2, -0.15) is 0 Å². The van der Waals surface area contributed by atoms with E-state index in [9.17, 15) is 5.11 Å². The molecule has 0 saturated heterocycles. The molecule has 0 amide bonds. The lowest BCUT2D eigenvalue weighted by molar-refractivity contribution is 0.110. The summed E-state index contributed by atoms with van der Waals surface area (Å²) in [6.45, 7) is 13.5. The fourth-order valence-electron chi connectivity index (χ4n) is 5.00. The van der Waals surface area contributed by atoms with E-state index in [2.05, 4.69) is 47.6 Å². The van der Waals surface area contributed by atoms with Crippen molar-refractivity contribution in [3.8, 4) is 11.5 Å². The largest absolute Gasteiger partial charge is 0.507 e. The van der Waals surface area contributed by atoms with Crippen molar-refractivity contribution in [3.05, 3.63) is 28.8 Å². The molecule has 0 aromatic heterocycles. The van der Waals surface area contributed by atoms with Crippen LogP contribution < -0.4 is 4.74 Å². The number of ether oxygens (including phenoxy) is 1. The summed E-state index contributed by atoms with van der Waals surface area (Å²) in [4.78, 5) is 0. The van der Waals surface area contributed by atoms with E-state index in [0.717, 1.165) is 37.0 Å². The minimum absolute atomic E-state index is 0.0388. The van der Waals surface area contributed by atoms with Gasteiger partial charge in [0.05, 0.1) is 5.56 Å². The van der Waals surface area contributed by atoms with Crippen LogP contribution in [0.5, 0.6) is 11.5 Å². The highest BCUT2D eigenvalue weighted by Crippen LogP contribution is 2.50. The Hall–Kier alpha value is -1.44. The molecule has 0 fully saturated rings. The first-order valence-corrected chi connectivity index (χ1v) is 11.4. The summed E-state index contributed by atoms with van der Waals surface area (Å²) in [6, 6.07) is 4.25. The molecule has 2 aliphatic rings. The average Bonchev–Trinajstić information content (AvgIpc) is 2.71. The van der Waals surface area contributed by atoms with Gasteiger partial charge in [0.2, 0.25) is 0 Å². The Bertz CT molecular complexity index is 739. The number of unbranched alkanes of at least 4 members (excludes halogenated alkanes) is 3. The molecule has 2 nitrogen and oxygen atoms in total. The number of phenolic OH excluding ortho intramolecular Hbond substituents is 1. The van der Waals surface area contributed by atoms with E-state index < -0.39 is 0 Å². The Kier molecular flexibility index (Phi) is 6.17. The SMILES string of the molecule is CCCCCCC(C)(C)c1cc(O)c2c(c1)OC(C)(C)CC1=C2CC(C)CC1. The van der Waals surface area contributed by atoms with Crippen LogP contribution in [0.2, 0.25) is 0 Å². The zero-order valence-corrected chi connectivity index (χ0v) is 19.0. The smallest absolute Gasteiger partial charge is 0.131 e. The molecule has 1 heterocycles. The predicted molar refractivity (Wildman–Crippen MR) is 119 cm³/mol. The molecule has 1 N–H and O–H groups in total. The van der Waals surface area contributed by atoms with Gasteiger partial charge >= 0.3 is 0 Å². The highest BCUT2D eigenvalue weighted by Gasteiger charge is 2.35. The fourth-order valence-corrected chi connectivity index (χ4v) is 5.00. The molecule has 28 heavy (non-hydrogen) atoms. The van der Waals surface area contributed by atoms with E-state index in [1.54, 1.807) is 0 Å². The minimum Gasteiger partial charge on any atom is -0.507 e. The van der Waals surface area contributed by atoms with Crippen LogP contribution in [0, 0.1) is 5.92 Å². The molecule has 1 aliphatic heterocycles. The summed E-state index contributed by atoms with van der Waals surface area (Å²) in [5.74, 6) is 1.97. The Labute approximate surface area is 172 Å². The Morgan fingerprint density at radius 3 is 2.64 bits per heavy atom. The third kappa shape index (κ3) is 4.58. The molecule has 0 spiro atoms. The third-order valence-electron chi connectivity index (χ3n) is 6.76. The topological polar surface area (TPSA) is 29.5 Å². The van der Waals surface area contributed by atoms with Crippen molar-refractivity contribution in [1.29, 1.82) is 0 Å². The maximum absolute atomic E-state index is 11.1. The normalized spacial score (nSPS) is 21.6. The number of hydrogen-bond donors (Lipinski definition) is 1. The van der Waals surface area contributed by atoms with Crippen molar-refractivity contribution in [1.82, 2.24) is 0 Å². The van der Waals surface area contributed by atoms with Crippen molar-refractivity contribution in [2.24, 2.45) is 5.92 Å². The van der Waals surface area contributed by atoms with E-state index in [0.29, 0.717) is 11.7 Å². The van der Waals surface area contributed by atoms with Crippen LogP contribution >= 0.6 is 0 Å². The number of rotatable bonds is 6. The number of phenols is 1. The summed E-state index contributed by atoms with van der Waals surface area (Å²) < 4.78 is 6.53. The van der Waals surface area contributed by atoms with E-state index in [-0.39, 0.29) is 11.0 Å². The van der Waals surface area contributed by atoms with Gasteiger partial charge in [0.1, 0.15) is 17.1 Å². The Morgan fingerprint density at radius 1 is 1.18 bits per heavy atom. The summed E-state index contributed by atoms with van der Waals surface area (Å²) >= 11 is 0. The molecule has 1 aromatic rings. The van der Waals surface area contributed by atoms with E-state index in [4.69, 9.17) is 4.74 Å². The fraction of sp³-hybridized carbons (Fsp3) is 0.692. The quantitative estimate of drug-likeness (QED) is 0.507. The molecular weight excluding hydrogens is 344 g/mol. The molecule has 0 radical (unpaired) electrons. The van der Waals surface area contributed by atoms with Gasteiger partial charge in [-0.1, -0.05) is 59.0 Å². The molecular formula is C26H40O2. The zero-order chi connectivity index (χ0) is 20.5. The van der Waals surface area contributed by atoms with Gasteiger partial charge in [0.25, 0.3) is 0 Å².